The van der Waals surface area contributed by atoms with Gasteiger partial charge in [-0.15, -0.1) is 5.10 Å². The Kier molecular flexibility index (Phi) is 6.05. The number of aromatic nitrogens is 7. The molecule has 4 aromatic heterocycles. The fourth-order valence-electron chi connectivity index (χ4n) is 4.08. The third-order valence-corrected chi connectivity index (χ3v) is 5.95. The number of alkyl halides is 3. The van der Waals surface area contributed by atoms with E-state index in [0.717, 1.165) is 31.7 Å². The van der Waals surface area contributed by atoms with Crippen LogP contribution in [0.3, 0.4) is 0 Å². The monoisotopic (exact) mass is 523 g/mol. The molecule has 5 aromatic rings. The summed E-state index contributed by atoms with van der Waals surface area (Å²) in [6, 6.07) is 9.36. The molecule has 1 aromatic carbocycles. The molecule has 0 aliphatic heterocycles. The van der Waals surface area contributed by atoms with E-state index in [0.29, 0.717) is 16.7 Å². The van der Waals surface area contributed by atoms with Gasteiger partial charge in [0.15, 0.2) is 5.65 Å². The van der Waals surface area contributed by atoms with Gasteiger partial charge in [-0.05, 0) is 24.1 Å². The molecule has 0 saturated carbocycles. The van der Waals surface area contributed by atoms with Crippen LogP contribution in [0, 0.1) is 6.92 Å². The summed E-state index contributed by atoms with van der Waals surface area (Å²) in [7, 11) is 2.85. The fourth-order valence-corrected chi connectivity index (χ4v) is 4.08. The highest BCUT2D eigenvalue weighted by Crippen LogP contribution is 2.32. The highest BCUT2D eigenvalue weighted by molar-refractivity contribution is 5.90. The van der Waals surface area contributed by atoms with Crippen LogP contribution in [0.2, 0.25) is 0 Å². The highest BCUT2D eigenvalue weighted by atomic mass is 19.4. The van der Waals surface area contributed by atoms with E-state index in [4.69, 9.17) is 4.74 Å². The molecule has 0 aliphatic rings. The normalized spacial score (nSPS) is 11.7. The molecule has 10 nitrogen and oxygen atoms in total. The third kappa shape index (κ3) is 4.31. The van der Waals surface area contributed by atoms with Gasteiger partial charge in [0.2, 0.25) is 0 Å². The highest BCUT2D eigenvalue weighted by Gasteiger charge is 2.32. The van der Waals surface area contributed by atoms with Crippen molar-refractivity contribution in [2.75, 3.05) is 7.11 Å². The lowest BCUT2D eigenvalue weighted by Crippen LogP contribution is -2.35. The van der Waals surface area contributed by atoms with Gasteiger partial charge in [0.05, 0.1) is 19.2 Å². The summed E-state index contributed by atoms with van der Waals surface area (Å²) in [5.41, 5.74) is 0.641. The smallest absolute Gasteiger partial charge is 0.433 e. The van der Waals surface area contributed by atoms with E-state index in [1.54, 1.807) is 12.1 Å². The summed E-state index contributed by atoms with van der Waals surface area (Å²) in [4.78, 5) is 39.0. The van der Waals surface area contributed by atoms with Gasteiger partial charge in [-0.1, -0.05) is 35.9 Å². The van der Waals surface area contributed by atoms with Gasteiger partial charge in [0.25, 0.3) is 5.56 Å². The van der Waals surface area contributed by atoms with Crippen LogP contribution < -0.4 is 16.0 Å². The maximum absolute atomic E-state index is 14.1. The number of fused-ring (bicyclic) bond motifs is 1. The van der Waals surface area contributed by atoms with Crippen LogP contribution in [0.5, 0.6) is 6.01 Å². The first-order valence-electron chi connectivity index (χ1n) is 11.3. The lowest BCUT2D eigenvalue weighted by Gasteiger charge is -2.16. The average molecular weight is 523 g/mol. The van der Waals surface area contributed by atoms with Crippen LogP contribution >= 0.6 is 0 Å². The Labute approximate surface area is 212 Å². The SMILES string of the molecule is COc1ncc(-c2c(-c3ccc(C)cc3)c(=O)n(Cc3ccc(C(F)(F)F)nc3)n3c(=O)n(C)nc23)cn1. The molecule has 0 amide bonds. The quantitative estimate of drug-likeness (QED) is 0.348. The molecule has 0 atom stereocenters. The van der Waals surface area contributed by atoms with Crippen molar-refractivity contribution in [1.29, 1.82) is 0 Å². The van der Waals surface area contributed by atoms with E-state index in [-0.39, 0.29) is 29.3 Å². The average Bonchev–Trinajstić information content (AvgIpc) is 3.19. The molecule has 0 spiro atoms. The molecule has 0 unspecified atom stereocenters. The van der Waals surface area contributed by atoms with Crippen molar-refractivity contribution in [1.82, 2.24) is 33.9 Å². The molecule has 0 radical (unpaired) electrons. The number of nitrogens with zero attached hydrogens (tertiary/aromatic N) is 7. The van der Waals surface area contributed by atoms with E-state index in [2.05, 4.69) is 20.1 Å². The Morgan fingerprint density at radius 1 is 0.895 bits per heavy atom. The van der Waals surface area contributed by atoms with Crippen LogP contribution in [0.15, 0.2) is 64.6 Å². The first-order chi connectivity index (χ1) is 18.1. The van der Waals surface area contributed by atoms with Gasteiger partial charge >= 0.3 is 17.9 Å². The van der Waals surface area contributed by atoms with Gasteiger partial charge in [-0.2, -0.15) is 17.7 Å². The minimum absolute atomic E-state index is 0.114. The molecule has 0 saturated heterocycles. The number of hydrogen-bond acceptors (Lipinski definition) is 7. The van der Waals surface area contributed by atoms with Gasteiger partial charge in [-0.25, -0.2) is 24.1 Å². The van der Waals surface area contributed by atoms with Gasteiger partial charge < -0.3 is 4.74 Å². The van der Waals surface area contributed by atoms with E-state index in [1.807, 2.05) is 19.1 Å². The predicted octanol–water partition coefficient (Wildman–Crippen LogP) is 3.10. The number of methoxy groups -OCH3 is 1. The molecule has 5 rings (SSSR count). The second-order valence-electron chi connectivity index (χ2n) is 8.53. The second-order valence-corrected chi connectivity index (χ2v) is 8.53. The van der Waals surface area contributed by atoms with Gasteiger partial charge in [-0.3, -0.25) is 9.78 Å². The molecule has 0 N–H and O–H groups in total. The first kappa shape index (κ1) is 24.9. The van der Waals surface area contributed by atoms with Crippen molar-refractivity contribution in [2.24, 2.45) is 7.05 Å². The fraction of sp³-hybridized carbons (Fsp3) is 0.200. The van der Waals surface area contributed by atoms with Crippen molar-refractivity contribution >= 4 is 5.65 Å². The van der Waals surface area contributed by atoms with E-state index < -0.39 is 23.1 Å². The minimum atomic E-state index is -4.61. The van der Waals surface area contributed by atoms with Crippen molar-refractivity contribution in [3.8, 4) is 28.3 Å². The molecule has 0 aliphatic carbocycles. The number of ether oxygens (including phenoxy) is 1. The third-order valence-electron chi connectivity index (χ3n) is 5.95. The van der Waals surface area contributed by atoms with Crippen LogP contribution in [-0.4, -0.2) is 41.0 Å². The Morgan fingerprint density at radius 3 is 2.16 bits per heavy atom. The Balaban J connectivity index is 1.82. The summed E-state index contributed by atoms with van der Waals surface area (Å²) in [5.74, 6) is 0. The van der Waals surface area contributed by atoms with Crippen LogP contribution in [-0.2, 0) is 19.8 Å². The van der Waals surface area contributed by atoms with Crippen molar-refractivity contribution in [3.05, 3.63) is 92.6 Å². The maximum Gasteiger partial charge on any atom is 0.433 e. The molecule has 13 heteroatoms. The summed E-state index contributed by atoms with van der Waals surface area (Å²) in [5, 5.41) is 4.38. The molecule has 38 heavy (non-hydrogen) atoms. The number of aryl methyl sites for hydroxylation is 2. The molecular weight excluding hydrogens is 503 g/mol. The summed E-state index contributed by atoms with van der Waals surface area (Å²) in [6.07, 6.45) is -0.661. The Morgan fingerprint density at radius 2 is 1.58 bits per heavy atom. The second kappa shape index (κ2) is 9.25. The van der Waals surface area contributed by atoms with Crippen molar-refractivity contribution in [3.63, 3.8) is 0 Å². The topological polar surface area (TPSA) is 109 Å². The number of rotatable bonds is 5. The van der Waals surface area contributed by atoms with Crippen molar-refractivity contribution in [2.45, 2.75) is 19.6 Å². The van der Waals surface area contributed by atoms with E-state index in [1.165, 1.54) is 32.6 Å². The molecule has 0 bridgehead atoms. The van der Waals surface area contributed by atoms with Crippen molar-refractivity contribution < 1.29 is 17.9 Å². The Bertz CT molecular complexity index is 1750. The lowest BCUT2D eigenvalue weighted by molar-refractivity contribution is -0.141. The molecule has 194 valence electrons. The minimum Gasteiger partial charge on any atom is -0.467 e. The first-order valence-corrected chi connectivity index (χ1v) is 11.3. The summed E-state index contributed by atoms with van der Waals surface area (Å²) in [6.45, 7) is 1.67. The number of benzene rings is 1. The maximum atomic E-state index is 14.1. The number of pyridine rings is 1. The zero-order valence-corrected chi connectivity index (χ0v) is 20.4. The Hall–Kier alpha value is -4.81. The zero-order valence-electron chi connectivity index (χ0n) is 20.4. The summed E-state index contributed by atoms with van der Waals surface area (Å²) >= 11 is 0. The van der Waals surface area contributed by atoms with Crippen LogP contribution in [0.4, 0.5) is 13.2 Å². The van der Waals surface area contributed by atoms with Crippen LogP contribution in [0.1, 0.15) is 16.8 Å². The molecule has 0 fully saturated rings. The van der Waals surface area contributed by atoms with E-state index >= 15 is 0 Å². The number of halogens is 3. The predicted molar refractivity (Wildman–Crippen MR) is 131 cm³/mol. The van der Waals surface area contributed by atoms with Gasteiger partial charge in [0.1, 0.15) is 5.69 Å². The largest absolute Gasteiger partial charge is 0.467 e. The lowest BCUT2D eigenvalue weighted by atomic mass is 9.97. The van der Waals surface area contributed by atoms with Gasteiger partial charge in [0, 0.05) is 36.8 Å². The summed E-state index contributed by atoms with van der Waals surface area (Å²) < 4.78 is 47.4. The number of hydrogen-bond donors (Lipinski definition) is 0. The standard InChI is InChI=1S/C25H20F3N7O3/c1-14-4-7-16(8-5-14)20-19(17-11-30-23(38-3)31-12-17)21-32-33(2)24(37)35(21)34(22(20)36)13-15-6-9-18(29-10-15)25(26,27)28/h4-12H,13H2,1-3H3. The van der Waals surface area contributed by atoms with E-state index in [9.17, 15) is 22.8 Å². The van der Waals surface area contributed by atoms with Crippen LogP contribution in [0.25, 0.3) is 27.9 Å². The zero-order chi connectivity index (χ0) is 27.2. The molecule has 4 heterocycles. The molecular formula is C25H20F3N7O3.